The number of carbonyl (C=O) groups excluding carboxylic acids is 3. The third-order valence-corrected chi connectivity index (χ3v) is 8.30. The fraction of sp³-hybridized carbons (Fsp3) is 0.613. The maximum atomic E-state index is 12.4. The Morgan fingerprint density at radius 2 is 1.78 bits per heavy atom. The molecule has 0 atom stereocenters. The molecule has 0 bridgehead atoms. The molecule has 1 N–H and O–H groups in total. The van der Waals surface area contributed by atoms with E-state index in [1.54, 1.807) is 18.1 Å². The summed E-state index contributed by atoms with van der Waals surface area (Å²) in [6.45, 7) is 10.5. The third-order valence-electron chi connectivity index (χ3n) is 8.30. The van der Waals surface area contributed by atoms with Gasteiger partial charge in [0.2, 0.25) is 12.3 Å². The van der Waals surface area contributed by atoms with Crippen LogP contribution in [0.1, 0.15) is 52.9 Å². The average molecular weight is 567 g/mol. The number of ether oxygens (including phenoxy) is 1. The number of hydrogen-bond acceptors (Lipinski definition) is 7. The monoisotopic (exact) mass is 566 g/mol. The van der Waals surface area contributed by atoms with E-state index in [4.69, 9.17) is 4.74 Å². The van der Waals surface area contributed by atoms with Gasteiger partial charge in [-0.05, 0) is 65.5 Å². The summed E-state index contributed by atoms with van der Waals surface area (Å²) in [5.74, 6) is 0.480. The van der Waals surface area contributed by atoms with E-state index >= 15 is 0 Å². The normalized spacial score (nSPS) is 17.1. The minimum Gasteiger partial charge on any atom is -0.444 e. The lowest BCUT2D eigenvalue weighted by molar-refractivity contribution is -0.120. The number of hydrogen-bond donors (Lipinski definition) is 1. The minimum absolute atomic E-state index is 0.107. The third kappa shape index (κ3) is 7.87. The quantitative estimate of drug-likeness (QED) is 0.460. The maximum absolute atomic E-state index is 12.4. The molecule has 41 heavy (non-hydrogen) atoms. The molecule has 10 nitrogen and oxygen atoms in total. The summed E-state index contributed by atoms with van der Waals surface area (Å²) < 4.78 is 5.55. The van der Waals surface area contributed by atoms with Gasteiger partial charge in [-0.2, -0.15) is 0 Å². The summed E-state index contributed by atoms with van der Waals surface area (Å²) in [6.07, 6.45) is 8.54. The van der Waals surface area contributed by atoms with E-state index in [-0.39, 0.29) is 18.4 Å². The fourth-order valence-electron chi connectivity index (χ4n) is 5.97. The lowest BCUT2D eigenvalue weighted by atomic mass is 9.94. The fourth-order valence-corrected chi connectivity index (χ4v) is 5.97. The number of piperidine rings is 2. The van der Waals surface area contributed by atoms with Crippen LogP contribution < -0.4 is 15.1 Å². The highest BCUT2D eigenvalue weighted by Gasteiger charge is 2.30. The number of rotatable bonds is 9. The summed E-state index contributed by atoms with van der Waals surface area (Å²) in [7, 11) is 3.83. The second kappa shape index (κ2) is 13.5. The Labute approximate surface area is 244 Å². The summed E-state index contributed by atoms with van der Waals surface area (Å²) >= 11 is 0. The van der Waals surface area contributed by atoms with Gasteiger partial charge in [-0.3, -0.25) is 14.6 Å². The van der Waals surface area contributed by atoms with Gasteiger partial charge in [0.05, 0.1) is 11.9 Å². The van der Waals surface area contributed by atoms with Crippen molar-refractivity contribution in [2.24, 2.45) is 5.92 Å². The predicted octanol–water partition coefficient (Wildman–Crippen LogP) is 3.88. The first-order valence-electron chi connectivity index (χ1n) is 14.8. The van der Waals surface area contributed by atoms with Crippen molar-refractivity contribution in [2.75, 3.05) is 63.2 Å². The van der Waals surface area contributed by atoms with Crippen LogP contribution in [0.25, 0.3) is 10.8 Å². The van der Waals surface area contributed by atoms with Gasteiger partial charge >= 0.3 is 6.09 Å². The molecule has 2 aliphatic heterocycles. The Morgan fingerprint density at radius 3 is 2.41 bits per heavy atom. The highest BCUT2D eigenvalue weighted by atomic mass is 16.6. The van der Waals surface area contributed by atoms with E-state index in [0.29, 0.717) is 18.5 Å². The Balaban J connectivity index is 1.33. The smallest absolute Gasteiger partial charge is 0.410 e. The van der Waals surface area contributed by atoms with Crippen LogP contribution in [-0.2, 0) is 14.3 Å². The summed E-state index contributed by atoms with van der Waals surface area (Å²) in [5.41, 5.74) is 1.39. The molecule has 224 valence electrons. The number of amides is 3. The SMILES string of the molecule is CNC(=O)CCN(C=O)c1cncc2c(N3CCC(N(C)CC4CCN(C(=O)OC(C)(C)C)CC4)CC3)cccc12. The van der Waals surface area contributed by atoms with E-state index in [1.807, 2.05) is 44.0 Å². The van der Waals surface area contributed by atoms with Crippen molar-refractivity contribution in [1.29, 1.82) is 0 Å². The maximum Gasteiger partial charge on any atom is 0.410 e. The summed E-state index contributed by atoms with van der Waals surface area (Å²) in [6, 6.07) is 6.70. The van der Waals surface area contributed by atoms with Crippen molar-refractivity contribution in [3.63, 3.8) is 0 Å². The van der Waals surface area contributed by atoms with Crippen molar-refractivity contribution in [3.05, 3.63) is 30.6 Å². The lowest BCUT2D eigenvalue weighted by Crippen LogP contribution is -2.47. The van der Waals surface area contributed by atoms with Crippen LogP contribution in [0.3, 0.4) is 0 Å². The number of nitrogens with one attached hydrogen (secondary N) is 1. The van der Waals surface area contributed by atoms with Crippen LogP contribution in [0.4, 0.5) is 16.2 Å². The summed E-state index contributed by atoms with van der Waals surface area (Å²) in [4.78, 5) is 48.9. The van der Waals surface area contributed by atoms with Crippen LogP contribution in [0.5, 0.6) is 0 Å². The number of likely N-dealkylation sites (tertiary alicyclic amines) is 1. The van der Waals surface area contributed by atoms with Crippen molar-refractivity contribution in [3.8, 4) is 0 Å². The summed E-state index contributed by atoms with van der Waals surface area (Å²) in [5, 5.41) is 4.58. The highest BCUT2D eigenvalue weighted by Crippen LogP contribution is 2.34. The van der Waals surface area contributed by atoms with Gasteiger partial charge < -0.3 is 29.7 Å². The topological polar surface area (TPSA) is 98.3 Å². The Morgan fingerprint density at radius 1 is 1.07 bits per heavy atom. The second-order valence-electron chi connectivity index (χ2n) is 12.3. The number of benzene rings is 1. The van der Waals surface area contributed by atoms with Gasteiger partial charge in [0.1, 0.15) is 5.60 Å². The van der Waals surface area contributed by atoms with Crippen molar-refractivity contribution in [2.45, 2.75) is 64.5 Å². The zero-order chi connectivity index (χ0) is 29.6. The molecule has 2 fully saturated rings. The minimum atomic E-state index is -0.461. The van der Waals surface area contributed by atoms with Gasteiger partial charge in [0.25, 0.3) is 0 Å². The number of anilines is 2. The molecular weight excluding hydrogens is 520 g/mol. The zero-order valence-electron chi connectivity index (χ0n) is 25.3. The Bertz CT molecular complexity index is 1200. The van der Waals surface area contributed by atoms with Crippen LogP contribution in [-0.4, -0.2) is 98.2 Å². The standard InChI is InChI=1S/C31H46N6O4/c1-31(2,3)41-30(40)36-14-9-23(10-15-36)21-34(5)24-11-16-35(17-12-24)27-8-6-7-25-26(27)19-33-20-28(25)37(22-38)18-13-29(39)32-4/h6-8,19-20,22-24H,9-18,21H2,1-5H3,(H,32,39). The van der Waals surface area contributed by atoms with Crippen molar-refractivity contribution < 1.29 is 19.1 Å². The predicted molar refractivity (Wildman–Crippen MR) is 162 cm³/mol. The van der Waals surface area contributed by atoms with Gasteiger partial charge in [-0.1, -0.05) is 12.1 Å². The van der Waals surface area contributed by atoms with Crippen LogP contribution >= 0.6 is 0 Å². The molecule has 0 spiro atoms. The van der Waals surface area contributed by atoms with Crippen LogP contribution in [0.2, 0.25) is 0 Å². The molecule has 0 aliphatic carbocycles. The molecule has 3 heterocycles. The van der Waals surface area contributed by atoms with Crippen LogP contribution in [0, 0.1) is 5.92 Å². The lowest BCUT2D eigenvalue weighted by Gasteiger charge is -2.40. The number of fused-ring (bicyclic) bond motifs is 1. The number of aromatic nitrogens is 1. The van der Waals surface area contributed by atoms with E-state index in [2.05, 4.69) is 33.2 Å². The van der Waals surface area contributed by atoms with E-state index in [0.717, 1.165) is 87.0 Å². The largest absolute Gasteiger partial charge is 0.444 e. The molecule has 0 unspecified atom stereocenters. The van der Waals surface area contributed by atoms with Gasteiger partial charge in [0.15, 0.2) is 0 Å². The molecule has 1 aromatic heterocycles. The molecule has 2 saturated heterocycles. The van der Waals surface area contributed by atoms with Crippen molar-refractivity contribution in [1.82, 2.24) is 20.1 Å². The molecule has 10 heteroatoms. The van der Waals surface area contributed by atoms with Crippen LogP contribution in [0.15, 0.2) is 30.6 Å². The van der Waals surface area contributed by atoms with E-state index < -0.39 is 5.60 Å². The van der Waals surface area contributed by atoms with E-state index in [1.165, 1.54) is 0 Å². The molecule has 2 aliphatic rings. The van der Waals surface area contributed by atoms with Gasteiger partial charge in [-0.15, -0.1) is 0 Å². The van der Waals surface area contributed by atoms with E-state index in [9.17, 15) is 14.4 Å². The first-order valence-corrected chi connectivity index (χ1v) is 14.8. The zero-order valence-corrected chi connectivity index (χ0v) is 25.3. The molecule has 3 amide bonds. The van der Waals surface area contributed by atoms with Gasteiger partial charge in [-0.25, -0.2) is 4.79 Å². The molecule has 4 rings (SSSR count). The Kier molecular flexibility index (Phi) is 10.1. The Hall–Kier alpha value is -3.40. The van der Waals surface area contributed by atoms with Gasteiger partial charge in [0, 0.05) is 81.4 Å². The first kappa shape index (κ1) is 30.6. The molecule has 0 saturated carbocycles. The highest BCUT2D eigenvalue weighted by molar-refractivity contribution is 6.03. The van der Waals surface area contributed by atoms with Crippen molar-refractivity contribution >= 4 is 40.6 Å². The number of carbonyl (C=O) groups is 3. The number of pyridine rings is 1. The average Bonchev–Trinajstić information content (AvgIpc) is 2.96. The second-order valence-corrected chi connectivity index (χ2v) is 12.3. The molecule has 2 aromatic rings. The molecular formula is C31H46N6O4. The molecule has 1 aromatic carbocycles. The number of nitrogens with zero attached hydrogens (tertiary/aromatic N) is 5. The first-order chi connectivity index (χ1) is 19.6. The molecule has 0 radical (unpaired) electrons.